The first-order valence-electron chi connectivity index (χ1n) is 4.56. The lowest BCUT2D eigenvalue weighted by Gasteiger charge is -2.07. The molecule has 18 heavy (non-hydrogen) atoms. The molecule has 98 valence electrons. The van der Waals surface area contributed by atoms with E-state index in [-0.39, 0.29) is 5.56 Å². The number of anilines is 1. The summed E-state index contributed by atoms with van der Waals surface area (Å²) in [6.45, 7) is -0.415. The molecular formula is C10H8F3NO3S. The highest BCUT2D eigenvalue weighted by Gasteiger charge is 2.24. The molecule has 1 aromatic carbocycles. The van der Waals surface area contributed by atoms with Crippen LogP contribution in [0.5, 0.6) is 0 Å². The van der Waals surface area contributed by atoms with Gasteiger partial charge in [-0.3, -0.25) is 4.72 Å². The Labute approximate surface area is 101 Å². The number of hydrogen-bond acceptors (Lipinski definition) is 3. The Morgan fingerprint density at radius 1 is 1.39 bits per heavy atom. The van der Waals surface area contributed by atoms with Crippen LogP contribution in [0.1, 0.15) is 5.56 Å². The van der Waals surface area contributed by atoms with Crippen LogP contribution in [0.25, 0.3) is 0 Å². The summed E-state index contributed by atoms with van der Waals surface area (Å²) >= 11 is 0. The Kier molecular flexibility index (Phi) is 4.58. The van der Waals surface area contributed by atoms with Gasteiger partial charge in [0.05, 0.1) is 5.69 Å². The SMILES string of the molecule is O=S(=O)(Nc1ccc(C#CCO)cc1F)C(F)F. The maximum atomic E-state index is 13.4. The van der Waals surface area contributed by atoms with Crippen molar-refractivity contribution < 1.29 is 26.7 Å². The van der Waals surface area contributed by atoms with Gasteiger partial charge >= 0.3 is 5.76 Å². The molecule has 4 nitrogen and oxygen atoms in total. The predicted molar refractivity (Wildman–Crippen MR) is 58.9 cm³/mol. The topological polar surface area (TPSA) is 66.4 Å². The van der Waals surface area contributed by atoms with E-state index in [2.05, 4.69) is 11.8 Å². The van der Waals surface area contributed by atoms with Crippen LogP contribution in [-0.4, -0.2) is 25.9 Å². The van der Waals surface area contributed by atoms with Gasteiger partial charge in [-0.15, -0.1) is 0 Å². The maximum absolute atomic E-state index is 13.4. The zero-order valence-corrected chi connectivity index (χ0v) is 9.64. The van der Waals surface area contributed by atoms with Gasteiger partial charge in [-0.2, -0.15) is 8.78 Å². The van der Waals surface area contributed by atoms with E-state index >= 15 is 0 Å². The van der Waals surface area contributed by atoms with Crippen molar-refractivity contribution in [1.82, 2.24) is 0 Å². The van der Waals surface area contributed by atoms with Crippen molar-refractivity contribution >= 4 is 15.7 Å². The molecule has 0 aliphatic carbocycles. The van der Waals surface area contributed by atoms with Gasteiger partial charge in [0.1, 0.15) is 12.4 Å². The highest BCUT2D eigenvalue weighted by Crippen LogP contribution is 2.18. The summed E-state index contributed by atoms with van der Waals surface area (Å²) in [6, 6.07) is 3.07. The first kappa shape index (κ1) is 14.3. The fourth-order valence-electron chi connectivity index (χ4n) is 1.02. The number of benzene rings is 1. The van der Waals surface area contributed by atoms with E-state index < -0.39 is 33.9 Å². The van der Waals surface area contributed by atoms with Gasteiger partial charge in [-0.1, -0.05) is 11.8 Å². The molecule has 8 heteroatoms. The molecule has 0 aliphatic rings. The fourth-order valence-corrected chi connectivity index (χ4v) is 1.58. The molecule has 0 spiro atoms. The molecule has 0 amide bonds. The molecule has 0 unspecified atom stereocenters. The smallest absolute Gasteiger partial charge is 0.355 e. The number of rotatable bonds is 3. The van der Waals surface area contributed by atoms with Gasteiger partial charge in [0, 0.05) is 5.56 Å². The average Bonchev–Trinajstić information content (AvgIpc) is 2.29. The van der Waals surface area contributed by atoms with Gasteiger partial charge in [0.25, 0.3) is 10.0 Å². The molecule has 0 saturated heterocycles. The van der Waals surface area contributed by atoms with Crippen LogP contribution in [0.4, 0.5) is 18.9 Å². The van der Waals surface area contributed by atoms with Crippen molar-refractivity contribution in [3.05, 3.63) is 29.6 Å². The summed E-state index contributed by atoms with van der Waals surface area (Å²) in [5, 5.41) is 8.42. The first-order chi connectivity index (χ1) is 8.36. The molecule has 0 atom stereocenters. The maximum Gasteiger partial charge on any atom is 0.355 e. The van der Waals surface area contributed by atoms with Crippen LogP contribution < -0.4 is 4.72 Å². The third kappa shape index (κ3) is 3.65. The van der Waals surface area contributed by atoms with Crippen molar-refractivity contribution in [3.63, 3.8) is 0 Å². The summed E-state index contributed by atoms with van der Waals surface area (Å²) < 4.78 is 60.5. The lowest BCUT2D eigenvalue weighted by Crippen LogP contribution is -2.21. The highest BCUT2D eigenvalue weighted by molar-refractivity contribution is 7.93. The predicted octanol–water partition coefficient (Wildman–Crippen LogP) is 1.13. The average molecular weight is 279 g/mol. The molecule has 0 saturated carbocycles. The van der Waals surface area contributed by atoms with Crippen molar-refractivity contribution in [2.24, 2.45) is 0 Å². The lowest BCUT2D eigenvalue weighted by atomic mass is 10.2. The number of aliphatic hydroxyl groups is 1. The van der Waals surface area contributed by atoms with E-state index in [0.717, 1.165) is 12.1 Å². The largest absolute Gasteiger partial charge is 0.384 e. The molecule has 1 aromatic rings. The first-order valence-corrected chi connectivity index (χ1v) is 6.10. The molecule has 1 rings (SSSR count). The quantitative estimate of drug-likeness (QED) is 0.815. The zero-order chi connectivity index (χ0) is 13.8. The van der Waals surface area contributed by atoms with Crippen LogP contribution in [0, 0.1) is 17.7 Å². The Balaban J connectivity index is 3.00. The molecule has 0 radical (unpaired) electrons. The monoisotopic (exact) mass is 279 g/mol. The highest BCUT2D eigenvalue weighted by atomic mass is 32.2. The lowest BCUT2D eigenvalue weighted by molar-refractivity contribution is 0.236. The van der Waals surface area contributed by atoms with Crippen molar-refractivity contribution in [3.8, 4) is 11.8 Å². The summed E-state index contributed by atoms with van der Waals surface area (Å²) in [6.07, 6.45) is 0. The van der Waals surface area contributed by atoms with Crippen LogP contribution in [0.15, 0.2) is 18.2 Å². The van der Waals surface area contributed by atoms with Crippen LogP contribution in [0.2, 0.25) is 0 Å². The zero-order valence-electron chi connectivity index (χ0n) is 8.82. The van der Waals surface area contributed by atoms with Crippen molar-refractivity contribution in [2.45, 2.75) is 5.76 Å². The van der Waals surface area contributed by atoms with Gasteiger partial charge in [-0.05, 0) is 18.2 Å². The molecule has 2 N–H and O–H groups in total. The standard InChI is InChI=1S/C10H8F3NO3S/c11-8-6-7(2-1-5-15)3-4-9(8)14-18(16,17)10(12)13/h3-4,6,10,14-15H,5H2. The Hall–Kier alpha value is -1.72. The van der Waals surface area contributed by atoms with Gasteiger partial charge in [-0.25, -0.2) is 12.8 Å². The van der Waals surface area contributed by atoms with E-state index in [0.29, 0.717) is 0 Å². The molecule has 0 bridgehead atoms. The number of alkyl halides is 2. The fraction of sp³-hybridized carbons (Fsp3) is 0.200. The minimum Gasteiger partial charge on any atom is -0.384 e. The third-order valence-corrected chi connectivity index (χ3v) is 2.74. The minimum absolute atomic E-state index is 0.182. The van der Waals surface area contributed by atoms with Crippen LogP contribution >= 0.6 is 0 Å². The van der Waals surface area contributed by atoms with Crippen molar-refractivity contribution in [2.75, 3.05) is 11.3 Å². The van der Waals surface area contributed by atoms with E-state index in [4.69, 9.17) is 5.11 Å². The second-order valence-corrected chi connectivity index (χ2v) is 4.71. The van der Waals surface area contributed by atoms with Gasteiger partial charge < -0.3 is 5.11 Å². The summed E-state index contributed by atoms with van der Waals surface area (Å²) in [5.41, 5.74) is -0.411. The van der Waals surface area contributed by atoms with Crippen LogP contribution in [0.3, 0.4) is 0 Å². The Morgan fingerprint density at radius 2 is 2.06 bits per heavy atom. The number of hydrogen-bond donors (Lipinski definition) is 2. The molecule has 0 aromatic heterocycles. The van der Waals surface area contributed by atoms with E-state index in [1.165, 1.54) is 10.8 Å². The van der Waals surface area contributed by atoms with E-state index in [1.54, 1.807) is 0 Å². The summed E-state index contributed by atoms with van der Waals surface area (Å²) in [7, 11) is -4.90. The minimum atomic E-state index is -4.90. The normalized spacial score (nSPS) is 10.9. The number of sulfonamides is 1. The molecule has 0 fully saturated rings. The van der Waals surface area contributed by atoms with Crippen LogP contribution in [-0.2, 0) is 10.0 Å². The Bertz CT molecular complexity index is 590. The second kappa shape index (κ2) is 5.75. The number of nitrogens with one attached hydrogen (secondary N) is 1. The van der Waals surface area contributed by atoms with E-state index in [1.807, 2.05) is 0 Å². The molecular weight excluding hydrogens is 271 g/mol. The molecule has 0 heterocycles. The summed E-state index contributed by atoms with van der Waals surface area (Å²) in [4.78, 5) is 0. The number of halogens is 3. The van der Waals surface area contributed by atoms with Gasteiger partial charge in [0.2, 0.25) is 0 Å². The van der Waals surface area contributed by atoms with Crippen molar-refractivity contribution in [1.29, 1.82) is 0 Å². The Morgan fingerprint density at radius 3 is 2.56 bits per heavy atom. The molecule has 0 aliphatic heterocycles. The summed E-state index contributed by atoms with van der Waals surface area (Å²) in [5.74, 6) is -0.0449. The second-order valence-electron chi connectivity index (χ2n) is 3.06. The number of aliphatic hydroxyl groups excluding tert-OH is 1. The van der Waals surface area contributed by atoms with Gasteiger partial charge in [0.15, 0.2) is 0 Å². The third-order valence-electron chi connectivity index (χ3n) is 1.77. The van der Waals surface area contributed by atoms with E-state index in [9.17, 15) is 21.6 Å².